The van der Waals surface area contributed by atoms with Crippen LogP contribution in [0.3, 0.4) is 0 Å². The van der Waals surface area contributed by atoms with E-state index in [1.54, 1.807) is 0 Å². The zero-order valence-electron chi connectivity index (χ0n) is 12.4. The predicted molar refractivity (Wildman–Crippen MR) is 89.7 cm³/mol. The number of halogens is 1. The van der Waals surface area contributed by atoms with Crippen LogP contribution >= 0.6 is 15.9 Å². The Morgan fingerprint density at radius 2 is 2.10 bits per heavy atom. The van der Waals surface area contributed by atoms with E-state index in [0.29, 0.717) is 0 Å². The molecule has 1 N–H and O–H groups in total. The lowest BCUT2D eigenvalue weighted by atomic mass is 10.0. The van der Waals surface area contributed by atoms with Gasteiger partial charge >= 0.3 is 0 Å². The Bertz CT molecular complexity index is 677. The normalized spacial score (nSPS) is 13.8. The Hall–Kier alpha value is -1.09. The Labute approximate surface area is 129 Å². The smallest absolute Gasteiger partial charge is 0.0732 e. The van der Waals surface area contributed by atoms with Gasteiger partial charge in [0.2, 0.25) is 0 Å². The number of hydrogen-bond acceptors (Lipinski definition) is 2. The van der Waals surface area contributed by atoms with Crippen molar-refractivity contribution in [3.8, 4) is 0 Å². The summed E-state index contributed by atoms with van der Waals surface area (Å²) >= 11 is 3.73. The molecule has 3 heteroatoms. The summed E-state index contributed by atoms with van der Waals surface area (Å²) in [7, 11) is 0. The number of aryl methyl sites for hydroxylation is 3. The standard InChI is InChI=1S/C17H21BrN2/c1-4-8-19-17-12-6-5-7-13(12)20-14-9-10(2)16(18)11(3)15(14)17/h9H,4-8H2,1-3H3,(H,19,20). The van der Waals surface area contributed by atoms with Crippen LogP contribution in [0.5, 0.6) is 0 Å². The van der Waals surface area contributed by atoms with E-state index in [1.165, 1.54) is 44.4 Å². The number of hydrogen-bond donors (Lipinski definition) is 1. The third-order valence-electron chi connectivity index (χ3n) is 4.21. The molecule has 0 spiro atoms. The second-order valence-corrected chi connectivity index (χ2v) is 6.51. The number of benzene rings is 1. The van der Waals surface area contributed by atoms with Crippen molar-refractivity contribution >= 4 is 32.5 Å². The number of nitrogens with zero attached hydrogens (tertiary/aromatic N) is 1. The molecule has 1 aliphatic rings. The molecule has 1 aromatic heterocycles. The Morgan fingerprint density at radius 3 is 2.85 bits per heavy atom. The highest BCUT2D eigenvalue weighted by Crippen LogP contribution is 2.39. The van der Waals surface area contributed by atoms with E-state index in [2.05, 4.69) is 48.1 Å². The molecule has 106 valence electrons. The second-order valence-electron chi connectivity index (χ2n) is 5.72. The average molecular weight is 333 g/mol. The third-order valence-corrected chi connectivity index (χ3v) is 5.43. The molecular weight excluding hydrogens is 312 g/mol. The van der Waals surface area contributed by atoms with Crippen LogP contribution in [-0.2, 0) is 12.8 Å². The lowest BCUT2D eigenvalue weighted by Gasteiger charge is -2.17. The summed E-state index contributed by atoms with van der Waals surface area (Å²) in [6.07, 6.45) is 4.67. The fraction of sp³-hybridized carbons (Fsp3) is 0.471. The molecule has 3 rings (SSSR count). The van der Waals surface area contributed by atoms with Crippen molar-refractivity contribution in [3.63, 3.8) is 0 Å². The Kier molecular flexibility index (Phi) is 3.72. The summed E-state index contributed by atoms with van der Waals surface area (Å²) in [5, 5.41) is 4.97. The van der Waals surface area contributed by atoms with Crippen molar-refractivity contribution in [2.75, 3.05) is 11.9 Å². The molecule has 0 unspecified atom stereocenters. The van der Waals surface area contributed by atoms with Crippen LogP contribution in [0, 0.1) is 13.8 Å². The van der Waals surface area contributed by atoms with Crippen LogP contribution in [-0.4, -0.2) is 11.5 Å². The molecule has 0 amide bonds. The fourth-order valence-electron chi connectivity index (χ4n) is 3.20. The van der Waals surface area contributed by atoms with Crippen LogP contribution in [0.15, 0.2) is 10.5 Å². The zero-order valence-corrected chi connectivity index (χ0v) is 14.0. The van der Waals surface area contributed by atoms with E-state index >= 15 is 0 Å². The van der Waals surface area contributed by atoms with Crippen LogP contribution < -0.4 is 5.32 Å². The largest absolute Gasteiger partial charge is 0.384 e. The summed E-state index contributed by atoms with van der Waals surface area (Å²) < 4.78 is 1.21. The molecule has 0 radical (unpaired) electrons. The number of aromatic nitrogens is 1. The van der Waals surface area contributed by atoms with Gasteiger partial charge in [0.05, 0.1) is 5.52 Å². The summed E-state index contributed by atoms with van der Waals surface area (Å²) in [5.74, 6) is 0. The van der Waals surface area contributed by atoms with E-state index in [9.17, 15) is 0 Å². The average Bonchev–Trinajstić information content (AvgIpc) is 2.89. The molecule has 0 fully saturated rings. The number of anilines is 1. The van der Waals surface area contributed by atoms with Crippen molar-refractivity contribution in [1.82, 2.24) is 4.98 Å². The maximum atomic E-state index is 4.93. The lowest BCUT2D eigenvalue weighted by Crippen LogP contribution is -2.06. The van der Waals surface area contributed by atoms with Crippen molar-refractivity contribution in [3.05, 3.63) is 32.9 Å². The zero-order chi connectivity index (χ0) is 14.3. The molecule has 1 aromatic carbocycles. The minimum absolute atomic E-state index is 1.02. The van der Waals surface area contributed by atoms with Crippen LogP contribution in [0.4, 0.5) is 5.69 Å². The minimum Gasteiger partial charge on any atom is -0.384 e. The van der Waals surface area contributed by atoms with Gasteiger partial charge in [0, 0.05) is 27.8 Å². The van der Waals surface area contributed by atoms with Gasteiger partial charge < -0.3 is 5.32 Å². The SMILES string of the molecule is CCCNc1c2c(nc3cc(C)c(Br)c(C)c13)CCC2. The molecule has 20 heavy (non-hydrogen) atoms. The van der Waals surface area contributed by atoms with Gasteiger partial charge in [-0.3, -0.25) is 4.98 Å². The molecule has 0 aliphatic heterocycles. The molecule has 0 saturated carbocycles. The molecule has 0 bridgehead atoms. The van der Waals surface area contributed by atoms with E-state index in [1.807, 2.05) is 0 Å². The van der Waals surface area contributed by atoms with Gasteiger partial charge in [0.25, 0.3) is 0 Å². The van der Waals surface area contributed by atoms with E-state index in [-0.39, 0.29) is 0 Å². The van der Waals surface area contributed by atoms with Crippen molar-refractivity contribution in [2.45, 2.75) is 46.5 Å². The molecular formula is C17H21BrN2. The van der Waals surface area contributed by atoms with E-state index in [0.717, 1.165) is 31.3 Å². The first-order valence-corrected chi connectivity index (χ1v) is 8.27. The molecule has 0 atom stereocenters. The van der Waals surface area contributed by atoms with Crippen molar-refractivity contribution in [2.24, 2.45) is 0 Å². The minimum atomic E-state index is 1.02. The summed E-state index contributed by atoms with van der Waals surface area (Å²) in [6, 6.07) is 2.21. The van der Waals surface area contributed by atoms with Gasteiger partial charge in [0.1, 0.15) is 0 Å². The maximum absolute atomic E-state index is 4.93. The number of nitrogens with one attached hydrogen (secondary N) is 1. The van der Waals surface area contributed by atoms with E-state index < -0.39 is 0 Å². The lowest BCUT2D eigenvalue weighted by molar-refractivity contribution is 0.900. The van der Waals surface area contributed by atoms with E-state index in [4.69, 9.17) is 4.98 Å². The van der Waals surface area contributed by atoms with Crippen molar-refractivity contribution in [1.29, 1.82) is 0 Å². The molecule has 2 aromatic rings. The van der Waals surface area contributed by atoms with Crippen molar-refractivity contribution < 1.29 is 0 Å². The van der Waals surface area contributed by atoms with Gasteiger partial charge in [0.15, 0.2) is 0 Å². The maximum Gasteiger partial charge on any atom is 0.0732 e. The summed E-state index contributed by atoms with van der Waals surface area (Å²) in [6.45, 7) is 7.57. The fourth-order valence-corrected chi connectivity index (χ4v) is 3.52. The molecule has 2 nitrogen and oxygen atoms in total. The highest BCUT2D eigenvalue weighted by molar-refractivity contribution is 9.10. The summed E-state index contributed by atoms with van der Waals surface area (Å²) in [5.41, 5.74) is 7.80. The highest BCUT2D eigenvalue weighted by Gasteiger charge is 2.21. The topological polar surface area (TPSA) is 24.9 Å². The second kappa shape index (κ2) is 5.36. The van der Waals surface area contributed by atoms with Crippen LogP contribution in [0.2, 0.25) is 0 Å². The molecule has 1 aliphatic carbocycles. The summed E-state index contributed by atoms with van der Waals surface area (Å²) in [4.78, 5) is 4.93. The van der Waals surface area contributed by atoms with Crippen LogP contribution in [0.25, 0.3) is 10.9 Å². The Balaban J connectivity index is 2.33. The predicted octanol–water partition coefficient (Wildman–Crippen LogP) is 4.92. The number of pyridine rings is 1. The molecule has 1 heterocycles. The monoisotopic (exact) mass is 332 g/mol. The van der Waals surface area contributed by atoms with Gasteiger partial charge in [-0.05, 0) is 62.3 Å². The highest BCUT2D eigenvalue weighted by atomic mass is 79.9. The first kappa shape index (κ1) is 13.9. The first-order valence-electron chi connectivity index (χ1n) is 7.48. The van der Waals surface area contributed by atoms with Gasteiger partial charge in [-0.15, -0.1) is 0 Å². The first-order chi connectivity index (χ1) is 9.63. The third kappa shape index (κ3) is 2.12. The van der Waals surface area contributed by atoms with Crippen LogP contribution in [0.1, 0.15) is 42.1 Å². The number of rotatable bonds is 3. The Morgan fingerprint density at radius 1 is 1.30 bits per heavy atom. The quantitative estimate of drug-likeness (QED) is 0.862. The molecule has 0 saturated heterocycles. The van der Waals surface area contributed by atoms with Gasteiger partial charge in [-0.1, -0.05) is 22.9 Å². The van der Waals surface area contributed by atoms with Gasteiger partial charge in [-0.2, -0.15) is 0 Å². The van der Waals surface area contributed by atoms with Gasteiger partial charge in [-0.25, -0.2) is 0 Å². The number of fused-ring (bicyclic) bond motifs is 2.